The van der Waals surface area contributed by atoms with Gasteiger partial charge in [-0.05, 0) is 38.0 Å². The molecule has 0 saturated heterocycles. The van der Waals surface area contributed by atoms with Crippen LogP contribution in [0, 0.1) is 11.8 Å². The number of allylic oxidation sites excluding steroid dienone is 1. The van der Waals surface area contributed by atoms with Crippen molar-refractivity contribution in [2.75, 3.05) is 0 Å². The minimum absolute atomic E-state index is 0.465. The van der Waals surface area contributed by atoms with E-state index in [1.54, 1.807) is 6.92 Å². The Balaban J connectivity index is 2.87. The Morgan fingerprint density at radius 1 is 1.38 bits per heavy atom. The lowest BCUT2D eigenvalue weighted by atomic mass is 9.78. The highest BCUT2D eigenvalue weighted by molar-refractivity contribution is 5.86. The molecular weight excluding hydrogens is 164 g/mol. The second kappa shape index (κ2) is 3.95. The minimum Gasteiger partial charge on any atom is -0.478 e. The Hall–Kier alpha value is -0.790. The van der Waals surface area contributed by atoms with E-state index in [9.17, 15) is 4.79 Å². The molecular formula is C11H18O2. The van der Waals surface area contributed by atoms with E-state index >= 15 is 0 Å². The molecule has 2 atom stereocenters. The van der Waals surface area contributed by atoms with Crippen molar-refractivity contribution in [3.8, 4) is 0 Å². The maximum Gasteiger partial charge on any atom is 0.331 e. The smallest absolute Gasteiger partial charge is 0.331 e. The van der Waals surface area contributed by atoms with Gasteiger partial charge in [0, 0.05) is 5.57 Å². The van der Waals surface area contributed by atoms with Crippen molar-refractivity contribution in [3.63, 3.8) is 0 Å². The first kappa shape index (κ1) is 10.3. The predicted octanol–water partition coefficient (Wildman–Crippen LogP) is 2.84. The number of rotatable bonds is 1. The van der Waals surface area contributed by atoms with Crippen LogP contribution in [0.3, 0.4) is 0 Å². The maximum atomic E-state index is 10.8. The Morgan fingerprint density at radius 2 is 2.00 bits per heavy atom. The van der Waals surface area contributed by atoms with Crippen molar-refractivity contribution in [3.05, 3.63) is 11.1 Å². The molecule has 0 radical (unpaired) electrons. The van der Waals surface area contributed by atoms with Gasteiger partial charge in [-0.3, -0.25) is 0 Å². The van der Waals surface area contributed by atoms with Crippen LogP contribution in [0.25, 0.3) is 0 Å². The molecule has 2 unspecified atom stereocenters. The van der Waals surface area contributed by atoms with Gasteiger partial charge in [0.15, 0.2) is 0 Å². The van der Waals surface area contributed by atoms with Crippen LogP contribution in [-0.2, 0) is 4.79 Å². The van der Waals surface area contributed by atoms with Gasteiger partial charge in [0.1, 0.15) is 0 Å². The lowest BCUT2D eigenvalue weighted by Gasteiger charge is -2.27. The van der Waals surface area contributed by atoms with Gasteiger partial charge in [-0.2, -0.15) is 0 Å². The third-order valence-corrected chi connectivity index (χ3v) is 3.06. The van der Waals surface area contributed by atoms with E-state index in [1.807, 2.05) is 0 Å². The van der Waals surface area contributed by atoms with E-state index in [0.717, 1.165) is 18.4 Å². The maximum absolute atomic E-state index is 10.8. The molecule has 2 nitrogen and oxygen atoms in total. The second-order valence-electron chi connectivity index (χ2n) is 4.24. The first-order valence-electron chi connectivity index (χ1n) is 4.95. The van der Waals surface area contributed by atoms with Crippen molar-refractivity contribution in [1.29, 1.82) is 0 Å². The Bertz CT molecular complexity index is 240. The third-order valence-electron chi connectivity index (χ3n) is 3.06. The van der Waals surface area contributed by atoms with E-state index in [2.05, 4.69) is 13.8 Å². The molecule has 1 fully saturated rings. The molecule has 74 valence electrons. The molecule has 0 bridgehead atoms. The average molecular weight is 182 g/mol. The average Bonchev–Trinajstić information content (AvgIpc) is 2.08. The Morgan fingerprint density at radius 3 is 2.54 bits per heavy atom. The van der Waals surface area contributed by atoms with Crippen LogP contribution in [0.5, 0.6) is 0 Å². The van der Waals surface area contributed by atoms with Crippen LogP contribution < -0.4 is 0 Å². The highest BCUT2D eigenvalue weighted by Gasteiger charge is 2.23. The molecule has 2 heteroatoms. The zero-order valence-corrected chi connectivity index (χ0v) is 8.63. The molecule has 1 N–H and O–H groups in total. The third kappa shape index (κ3) is 2.33. The first-order valence-corrected chi connectivity index (χ1v) is 4.95. The van der Waals surface area contributed by atoms with Crippen molar-refractivity contribution in [2.45, 2.75) is 40.0 Å². The molecule has 1 rings (SSSR count). The molecule has 13 heavy (non-hydrogen) atoms. The molecule has 1 aliphatic rings. The Kier molecular flexibility index (Phi) is 3.12. The zero-order valence-electron chi connectivity index (χ0n) is 8.63. The molecule has 0 aromatic carbocycles. The minimum atomic E-state index is -0.754. The predicted molar refractivity (Wildman–Crippen MR) is 52.5 cm³/mol. The van der Waals surface area contributed by atoms with E-state index in [-0.39, 0.29) is 0 Å². The number of hydrogen-bond donors (Lipinski definition) is 1. The van der Waals surface area contributed by atoms with Crippen molar-refractivity contribution in [1.82, 2.24) is 0 Å². The lowest BCUT2D eigenvalue weighted by molar-refractivity contribution is -0.132. The number of carbonyl (C=O) groups is 1. The summed E-state index contributed by atoms with van der Waals surface area (Å²) in [5.41, 5.74) is 1.73. The number of carboxylic acids is 1. The van der Waals surface area contributed by atoms with Crippen molar-refractivity contribution >= 4 is 5.97 Å². The second-order valence-corrected chi connectivity index (χ2v) is 4.24. The summed E-state index contributed by atoms with van der Waals surface area (Å²) in [6, 6.07) is 0. The van der Waals surface area contributed by atoms with Crippen LogP contribution in [0.4, 0.5) is 0 Å². The van der Waals surface area contributed by atoms with E-state index in [4.69, 9.17) is 5.11 Å². The van der Waals surface area contributed by atoms with Crippen LogP contribution >= 0.6 is 0 Å². The summed E-state index contributed by atoms with van der Waals surface area (Å²) in [6.07, 6.45) is 3.35. The highest BCUT2D eigenvalue weighted by atomic mass is 16.4. The normalized spacial score (nSPS) is 32.8. The molecule has 0 amide bonds. The van der Waals surface area contributed by atoms with Gasteiger partial charge in [-0.1, -0.05) is 19.4 Å². The monoisotopic (exact) mass is 182 g/mol. The van der Waals surface area contributed by atoms with Gasteiger partial charge in [0.2, 0.25) is 0 Å². The molecule has 0 heterocycles. The van der Waals surface area contributed by atoms with Gasteiger partial charge >= 0.3 is 5.97 Å². The number of aliphatic carboxylic acids is 1. The van der Waals surface area contributed by atoms with Crippen LogP contribution in [0.15, 0.2) is 11.1 Å². The fraction of sp³-hybridized carbons (Fsp3) is 0.727. The summed E-state index contributed by atoms with van der Waals surface area (Å²) >= 11 is 0. The van der Waals surface area contributed by atoms with Gasteiger partial charge < -0.3 is 5.11 Å². The Labute approximate surface area is 79.6 Å². The molecule has 1 aliphatic carbocycles. The molecule has 0 aromatic heterocycles. The van der Waals surface area contributed by atoms with Crippen LogP contribution in [-0.4, -0.2) is 11.1 Å². The topological polar surface area (TPSA) is 37.3 Å². The molecule has 0 aromatic rings. The summed E-state index contributed by atoms with van der Waals surface area (Å²) < 4.78 is 0. The molecule has 0 aliphatic heterocycles. The molecule has 1 saturated carbocycles. The van der Waals surface area contributed by atoms with Gasteiger partial charge in [0.05, 0.1) is 0 Å². The molecule has 0 spiro atoms. The fourth-order valence-corrected chi connectivity index (χ4v) is 2.05. The zero-order chi connectivity index (χ0) is 10.0. The van der Waals surface area contributed by atoms with E-state index in [1.165, 1.54) is 6.42 Å². The summed E-state index contributed by atoms with van der Waals surface area (Å²) in [4.78, 5) is 10.8. The number of hydrogen-bond acceptors (Lipinski definition) is 1. The summed E-state index contributed by atoms with van der Waals surface area (Å²) in [7, 11) is 0. The fourth-order valence-electron chi connectivity index (χ4n) is 2.05. The van der Waals surface area contributed by atoms with Gasteiger partial charge in [0.25, 0.3) is 0 Å². The van der Waals surface area contributed by atoms with E-state index in [0.29, 0.717) is 17.4 Å². The van der Waals surface area contributed by atoms with Gasteiger partial charge in [-0.15, -0.1) is 0 Å². The number of carboxylic acid groups (broad SMARTS) is 1. The van der Waals surface area contributed by atoms with Crippen LogP contribution in [0.2, 0.25) is 0 Å². The van der Waals surface area contributed by atoms with Crippen molar-refractivity contribution in [2.24, 2.45) is 11.8 Å². The summed E-state index contributed by atoms with van der Waals surface area (Å²) in [5, 5.41) is 8.88. The summed E-state index contributed by atoms with van der Waals surface area (Å²) in [5.74, 6) is 0.365. The quantitative estimate of drug-likeness (QED) is 0.633. The standard InChI is InChI=1S/C11H18O2/c1-7-4-5-8(2)10(6-7)9(3)11(12)13/h7-8H,4-6H2,1-3H3,(H,12,13). The SMILES string of the molecule is CC(C(=O)O)=C1CC(C)CCC1C. The van der Waals surface area contributed by atoms with Crippen molar-refractivity contribution < 1.29 is 9.90 Å². The van der Waals surface area contributed by atoms with Crippen LogP contribution in [0.1, 0.15) is 40.0 Å². The lowest BCUT2D eigenvalue weighted by Crippen LogP contribution is -2.16. The van der Waals surface area contributed by atoms with E-state index < -0.39 is 5.97 Å². The first-order chi connectivity index (χ1) is 6.02. The highest BCUT2D eigenvalue weighted by Crippen LogP contribution is 2.34. The largest absolute Gasteiger partial charge is 0.478 e. The summed E-state index contributed by atoms with van der Waals surface area (Å²) in [6.45, 7) is 6.06. The van der Waals surface area contributed by atoms with Gasteiger partial charge in [-0.25, -0.2) is 4.79 Å².